The Balaban J connectivity index is 2.13. The van der Waals surface area contributed by atoms with Crippen molar-refractivity contribution in [3.8, 4) is 11.3 Å². The molecule has 0 aliphatic carbocycles. The lowest BCUT2D eigenvalue weighted by atomic mass is 10.0. The summed E-state index contributed by atoms with van der Waals surface area (Å²) in [5.41, 5.74) is 2.66. The highest BCUT2D eigenvalue weighted by atomic mass is 19.1. The van der Waals surface area contributed by atoms with E-state index in [-0.39, 0.29) is 11.7 Å². The Kier molecular flexibility index (Phi) is 4.56. The second-order valence-electron chi connectivity index (χ2n) is 6.19. The van der Waals surface area contributed by atoms with Crippen LogP contribution in [-0.4, -0.2) is 17.4 Å². The molecule has 0 atom stereocenters. The van der Waals surface area contributed by atoms with Gasteiger partial charge in [-0.3, -0.25) is 4.79 Å². The van der Waals surface area contributed by atoms with Crippen molar-refractivity contribution >= 4 is 16.8 Å². The number of carbonyl (C=O) groups is 1. The third-order valence-corrected chi connectivity index (χ3v) is 3.76. The number of aromatic nitrogens is 1. The van der Waals surface area contributed by atoms with Crippen LogP contribution < -0.4 is 5.32 Å². The molecule has 0 aliphatic rings. The van der Waals surface area contributed by atoms with Gasteiger partial charge in [-0.1, -0.05) is 44.2 Å². The van der Waals surface area contributed by atoms with Gasteiger partial charge in [0, 0.05) is 17.5 Å². The topological polar surface area (TPSA) is 42.0 Å². The normalized spacial score (nSPS) is 11.0. The van der Waals surface area contributed by atoms with Crippen molar-refractivity contribution in [1.82, 2.24) is 10.3 Å². The number of amides is 1. The highest BCUT2D eigenvalue weighted by Gasteiger charge is 2.15. The van der Waals surface area contributed by atoms with Gasteiger partial charge < -0.3 is 5.32 Å². The number of benzene rings is 2. The fourth-order valence-electron chi connectivity index (χ4n) is 2.53. The first-order valence-corrected chi connectivity index (χ1v) is 7.98. The minimum Gasteiger partial charge on any atom is -0.352 e. The van der Waals surface area contributed by atoms with Crippen LogP contribution in [0.1, 0.15) is 24.2 Å². The Labute approximate surface area is 140 Å². The van der Waals surface area contributed by atoms with Crippen molar-refractivity contribution in [2.24, 2.45) is 5.92 Å². The molecule has 2 aromatic carbocycles. The smallest absolute Gasteiger partial charge is 0.252 e. The lowest BCUT2D eigenvalue weighted by Gasteiger charge is -2.12. The number of fused-ring (bicyclic) bond motifs is 1. The van der Waals surface area contributed by atoms with E-state index in [1.807, 2.05) is 44.2 Å². The van der Waals surface area contributed by atoms with Crippen molar-refractivity contribution in [1.29, 1.82) is 0 Å². The number of hydrogen-bond acceptors (Lipinski definition) is 2. The number of nitrogens with zero attached hydrogens (tertiary/aromatic N) is 1. The lowest BCUT2D eigenvalue weighted by Crippen LogP contribution is -2.27. The number of pyridine rings is 1. The third kappa shape index (κ3) is 3.43. The molecule has 4 heteroatoms. The molecule has 0 bridgehead atoms. The van der Waals surface area contributed by atoms with E-state index in [4.69, 9.17) is 0 Å². The van der Waals surface area contributed by atoms with Gasteiger partial charge in [-0.05, 0) is 30.2 Å². The molecule has 0 fully saturated rings. The standard InChI is InChI=1S/C20H19FN2O/c1-13(2)12-22-20(24)17-11-19(14-6-4-3-5-7-14)23-18-9-8-15(21)10-16(17)18/h3-11,13H,12H2,1-2H3,(H,22,24). The van der Waals surface area contributed by atoms with Crippen LogP contribution >= 0.6 is 0 Å². The highest BCUT2D eigenvalue weighted by molar-refractivity contribution is 6.07. The highest BCUT2D eigenvalue weighted by Crippen LogP contribution is 2.25. The van der Waals surface area contributed by atoms with Gasteiger partial charge in [0.2, 0.25) is 0 Å². The summed E-state index contributed by atoms with van der Waals surface area (Å²) in [6, 6.07) is 15.7. The van der Waals surface area contributed by atoms with Gasteiger partial charge in [0.25, 0.3) is 5.91 Å². The summed E-state index contributed by atoms with van der Waals surface area (Å²) in [6.45, 7) is 4.62. The van der Waals surface area contributed by atoms with Crippen LogP contribution in [0.4, 0.5) is 4.39 Å². The van der Waals surface area contributed by atoms with E-state index in [1.54, 1.807) is 12.1 Å². The third-order valence-electron chi connectivity index (χ3n) is 3.76. The van der Waals surface area contributed by atoms with E-state index < -0.39 is 0 Å². The van der Waals surface area contributed by atoms with Crippen LogP contribution in [0.25, 0.3) is 22.2 Å². The largest absolute Gasteiger partial charge is 0.352 e. The van der Waals surface area contributed by atoms with Gasteiger partial charge in [-0.25, -0.2) is 9.37 Å². The van der Waals surface area contributed by atoms with E-state index in [1.165, 1.54) is 12.1 Å². The molecule has 24 heavy (non-hydrogen) atoms. The molecule has 0 saturated heterocycles. The quantitative estimate of drug-likeness (QED) is 0.772. The zero-order valence-electron chi connectivity index (χ0n) is 13.7. The zero-order chi connectivity index (χ0) is 17.1. The van der Waals surface area contributed by atoms with Crippen LogP contribution in [-0.2, 0) is 0 Å². The van der Waals surface area contributed by atoms with Crippen molar-refractivity contribution in [3.63, 3.8) is 0 Å². The van der Waals surface area contributed by atoms with E-state index in [0.29, 0.717) is 34.6 Å². The molecule has 122 valence electrons. The maximum Gasteiger partial charge on any atom is 0.252 e. The van der Waals surface area contributed by atoms with Crippen LogP contribution in [0, 0.1) is 11.7 Å². The lowest BCUT2D eigenvalue weighted by molar-refractivity contribution is 0.0950. The summed E-state index contributed by atoms with van der Waals surface area (Å²) >= 11 is 0. The Morgan fingerprint density at radius 3 is 2.58 bits per heavy atom. The van der Waals surface area contributed by atoms with Gasteiger partial charge in [0.1, 0.15) is 5.82 Å². The maximum atomic E-state index is 13.7. The Morgan fingerprint density at radius 1 is 1.12 bits per heavy atom. The van der Waals surface area contributed by atoms with Gasteiger partial charge in [0.05, 0.1) is 16.8 Å². The number of nitrogens with one attached hydrogen (secondary N) is 1. The van der Waals surface area contributed by atoms with Crippen molar-refractivity contribution < 1.29 is 9.18 Å². The second-order valence-corrected chi connectivity index (χ2v) is 6.19. The van der Waals surface area contributed by atoms with Crippen molar-refractivity contribution in [2.75, 3.05) is 6.54 Å². The first-order valence-electron chi connectivity index (χ1n) is 7.98. The minimum absolute atomic E-state index is 0.209. The van der Waals surface area contributed by atoms with E-state index in [9.17, 15) is 9.18 Å². The molecule has 1 N–H and O–H groups in total. The Morgan fingerprint density at radius 2 is 1.88 bits per heavy atom. The van der Waals surface area contributed by atoms with Gasteiger partial charge in [-0.2, -0.15) is 0 Å². The van der Waals surface area contributed by atoms with Crippen molar-refractivity contribution in [3.05, 3.63) is 66.0 Å². The average Bonchev–Trinajstić information content (AvgIpc) is 2.59. The number of hydrogen-bond donors (Lipinski definition) is 1. The SMILES string of the molecule is CC(C)CNC(=O)c1cc(-c2ccccc2)nc2ccc(F)cc12. The number of halogens is 1. The van der Waals surface area contributed by atoms with E-state index in [0.717, 1.165) is 5.56 Å². The molecule has 0 unspecified atom stereocenters. The summed E-state index contributed by atoms with van der Waals surface area (Å²) in [6.07, 6.45) is 0. The predicted molar refractivity (Wildman–Crippen MR) is 94.3 cm³/mol. The maximum absolute atomic E-state index is 13.7. The van der Waals surface area contributed by atoms with E-state index >= 15 is 0 Å². The molecule has 0 spiro atoms. The molecule has 1 heterocycles. The van der Waals surface area contributed by atoms with Crippen LogP contribution in [0.15, 0.2) is 54.6 Å². The van der Waals surface area contributed by atoms with Gasteiger partial charge in [0.15, 0.2) is 0 Å². The second kappa shape index (κ2) is 6.79. The fraction of sp³-hybridized carbons (Fsp3) is 0.200. The summed E-state index contributed by atoms with van der Waals surface area (Å²) < 4.78 is 13.7. The van der Waals surface area contributed by atoms with Crippen LogP contribution in [0.3, 0.4) is 0 Å². The van der Waals surface area contributed by atoms with Crippen molar-refractivity contribution in [2.45, 2.75) is 13.8 Å². The monoisotopic (exact) mass is 322 g/mol. The minimum atomic E-state index is -0.380. The zero-order valence-corrected chi connectivity index (χ0v) is 13.7. The summed E-state index contributed by atoms with van der Waals surface area (Å²) in [4.78, 5) is 17.2. The predicted octanol–water partition coefficient (Wildman–Crippen LogP) is 4.43. The number of rotatable bonds is 4. The van der Waals surface area contributed by atoms with Gasteiger partial charge >= 0.3 is 0 Å². The Hall–Kier alpha value is -2.75. The molecular formula is C20H19FN2O. The molecule has 3 aromatic rings. The molecule has 1 aromatic heterocycles. The summed E-state index contributed by atoms with van der Waals surface area (Å²) in [5.74, 6) is -0.249. The molecule has 0 saturated carbocycles. The molecule has 3 nitrogen and oxygen atoms in total. The molecule has 0 aliphatic heterocycles. The van der Waals surface area contributed by atoms with Gasteiger partial charge in [-0.15, -0.1) is 0 Å². The molecule has 1 amide bonds. The van der Waals surface area contributed by atoms with Crippen LogP contribution in [0.5, 0.6) is 0 Å². The first kappa shape index (κ1) is 16.1. The Bertz CT molecular complexity index is 875. The number of carbonyl (C=O) groups excluding carboxylic acids is 1. The summed E-state index contributed by atoms with van der Waals surface area (Å²) in [5, 5.41) is 3.42. The molecule has 3 rings (SSSR count). The molecule has 0 radical (unpaired) electrons. The average molecular weight is 322 g/mol. The first-order chi connectivity index (χ1) is 11.5. The summed E-state index contributed by atoms with van der Waals surface area (Å²) in [7, 11) is 0. The van der Waals surface area contributed by atoms with Crippen LogP contribution in [0.2, 0.25) is 0 Å². The van der Waals surface area contributed by atoms with E-state index in [2.05, 4.69) is 10.3 Å². The molecular weight excluding hydrogens is 303 g/mol. The fourth-order valence-corrected chi connectivity index (χ4v) is 2.53.